The number of aryl methyl sites for hydroxylation is 1. The Morgan fingerprint density at radius 1 is 1.44 bits per heavy atom. The zero-order chi connectivity index (χ0) is 13.3. The second-order valence-electron chi connectivity index (χ2n) is 5.45. The van der Waals surface area contributed by atoms with Gasteiger partial charge in [-0.3, -0.25) is 9.78 Å². The molecule has 0 bridgehead atoms. The molecular formula is C15H16N2O. The van der Waals surface area contributed by atoms with Gasteiger partial charge in [-0.15, -0.1) is 0 Å². The first-order valence-corrected chi connectivity index (χ1v) is 6.03. The van der Waals surface area contributed by atoms with Gasteiger partial charge in [0.25, 0.3) is 0 Å². The minimum atomic E-state index is -0.477. The lowest BCUT2D eigenvalue weighted by molar-refractivity contribution is -0.123. The zero-order valence-electron chi connectivity index (χ0n) is 10.9. The summed E-state index contributed by atoms with van der Waals surface area (Å²) in [6, 6.07) is 5.99. The normalized spacial score (nSPS) is 22.2. The summed E-state index contributed by atoms with van der Waals surface area (Å²) in [5, 5.41) is 9.05. The lowest BCUT2D eigenvalue weighted by Gasteiger charge is -2.31. The molecule has 3 heteroatoms. The third kappa shape index (κ3) is 2.19. The van der Waals surface area contributed by atoms with Crippen LogP contribution in [0.3, 0.4) is 0 Å². The fraction of sp³-hybridized carbons (Fsp3) is 0.400. The molecule has 0 aromatic carbocycles. The number of carbonyl (C=O) groups excluding carboxylic acids is 1. The molecule has 0 N–H and O–H groups in total. The van der Waals surface area contributed by atoms with Crippen molar-refractivity contribution in [1.82, 2.24) is 4.98 Å². The smallest absolute Gasteiger partial charge is 0.178 e. The van der Waals surface area contributed by atoms with E-state index in [-0.39, 0.29) is 17.3 Å². The van der Waals surface area contributed by atoms with Gasteiger partial charge in [-0.05, 0) is 25.0 Å². The highest BCUT2D eigenvalue weighted by molar-refractivity contribution is 6.03. The monoisotopic (exact) mass is 240 g/mol. The van der Waals surface area contributed by atoms with Crippen molar-refractivity contribution >= 4 is 5.78 Å². The van der Waals surface area contributed by atoms with Crippen LogP contribution >= 0.6 is 0 Å². The van der Waals surface area contributed by atoms with Crippen molar-refractivity contribution in [3.8, 4) is 6.07 Å². The van der Waals surface area contributed by atoms with E-state index < -0.39 is 5.41 Å². The van der Waals surface area contributed by atoms with E-state index in [0.29, 0.717) is 0 Å². The third-order valence-corrected chi connectivity index (χ3v) is 3.44. The lowest BCUT2D eigenvalue weighted by atomic mass is 9.70. The molecule has 18 heavy (non-hydrogen) atoms. The summed E-state index contributed by atoms with van der Waals surface area (Å²) in [5.41, 5.74) is 1.83. The number of nitriles is 1. The molecule has 1 aliphatic carbocycles. The molecule has 0 aliphatic heterocycles. The van der Waals surface area contributed by atoms with Crippen LogP contribution in [0, 0.1) is 23.7 Å². The van der Waals surface area contributed by atoms with Gasteiger partial charge in [0, 0.05) is 23.2 Å². The molecule has 0 saturated heterocycles. The number of ketones is 1. The molecule has 1 aliphatic rings. The SMILES string of the molecule is Cc1ccc(C2C=C(C#N)C(=O)C(C)(C)C2)cn1. The fourth-order valence-corrected chi connectivity index (χ4v) is 2.34. The second-order valence-corrected chi connectivity index (χ2v) is 5.45. The van der Waals surface area contributed by atoms with E-state index in [1.54, 1.807) is 6.08 Å². The fourth-order valence-electron chi connectivity index (χ4n) is 2.34. The van der Waals surface area contributed by atoms with E-state index in [4.69, 9.17) is 5.26 Å². The van der Waals surface area contributed by atoms with Gasteiger partial charge in [0.1, 0.15) is 6.07 Å². The Morgan fingerprint density at radius 3 is 2.72 bits per heavy atom. The number of hydrogen-bond acceptors (Lipinski definition) is 3. The molecule has 0 spiro atoms. The number of pyridine rings is 1. The van der Waals surface area contributed by atoms with E-state index in [2.05, 4.69) is 4.98 Å². The Hall–Kier alpha value is -1.95. The van der Waals surface area contributed by atoms with Crippen molar-refractivity contribution in [2.75, 3.05) is 0 Å². The van der Waals surface area contributed by atoms with Crippen LogP contribution in [0.5, 0.6) is 0 Å². The number of carbonyl (C=O) groups is 1. The largest absolute Gasteiger partial charge is 0.293 e. The Kier molecular flexibility index (Phi) is 3.04. The van der Waals surface area contributed by atoms with E-state index in [9.17, 15) is 4.79 Å². The summed E-state index contributed by atoms with van der Waals surface area (Å²) in [6.45, 7) is 5.73. The Morgan fingerprint density at radius 2 is 2.17 bits per heavy atom. The molecule has 1 aromatic heterocycles. The summed E-state index contributed by atoms with van der Waals surface area (Å²) < 4.78 is 0. The minimum Gasteiger partial charge on any atom is -0.293 e. The van der Waals surface area contributed by atoms with Crippen molar-refractivity contribution in [2.24, 2.45) is 5.41 Å². The van der Waals surface area contributed by atoms with Crippen LogP contribution in [0.2, 0.25) is 0 Å². The van der Waals surface area contributed by atoms with Crippen molar-refractivity contribution in [3.63, 3.8) is 0 Å². The molecule has 1 heterocycles. The highest BCUT2D eigenvalue weighted by Crippen LogP contribution is 2.39. The maximum absolute atomic E-state index is 12.0. The van der Waals surface area contributed by atoms with Crippen LogP contribution in [0.15, 0.2) is 30.0 Å². The van der Waals surface area contributed by atoms with Gasteiger partial charge in [-0.1, -0.05) is 26.0 Å². The molecule has 1 atom stereocenters. The number of aromatic nitrogens is 1. The molecule has 2 rings (SSSR count). The minimum absolute atomic E-state index is 0.0543. The van der Waals surface area contributed by atoms with Crippen LogP contribution < -0.4 is 0 Å². The summed E-state index contributed by atoms with van der Waals surface area (Å²) in [4.78, 5) is 16.3. The number of rotatable bonds is 1. The molecule has 1 unspecified atom stereocenters. The van der Waals surface area contributed by atoms with Crippen LogP contribution in [-0.2, 0) is 4.79 Å². The summed E-state index contributed by atoms with van der Waals surface area (Å²) in [7, 11) is 0. The van der Waals surface area contributed by atoms with Gasteiger partial charge in [0.05, 0.1) is 5.57 Å². The predicted molar refractivity (Wildman–Crippen MR) is 68.8 cm³/mol. The predicted octanol–water partition coefficient (Wildman–Crippen LogP) is 2.92. The van der Waals surface area contributed by atoms with Gasteiger partial charge in [-0.25, -0.2) is 0 Å². The van der Waals surface area contributed by atoms with Crippen molar-refractivity contribution in [2.45, 2.75) is 33.1 Å². The maximum atomic E-state index is 12.0. The molecular weight excluding hydrogens is 224 g/mol. The van der Waals surface area contributed by atoms with Crippen molar-refractivity contribution < 1.29 is 4.79 Å². The van der Waals surface area contributed by atoms with E-state index in [1.807, 2.05) is 45.2 Å². The zero-order valence-corrected chi connectivity index (χ0v) is 10.9. The van der Waals surface area contributed by atoms with E-state index >= 15 is 0 Å². The number of hydrogen-bond donors (Lipinski definition) is 0. The molecule has 0 fully saturated rings. The second kappa shape index (κ2) is 4.38. The Balaban J connectivity index is 2.41. The van der Waals surface area contributed by atoms with Gasteiger partial charge in [0.2, 0.25) is 0 Å². The standard InChI is InChI=1S/C15H16N2O/c1-10-4-5-11(9-17-10)12-6-13(8-16)14(18)15(2,3)7-12/h4-6,9,12H,7H2,1-3H3. The summed E-state index contributed by atoms with van der Waals surface area (Å²) >= 11 is 0. The van der Waals surface area contributed by atoms with Gasteiger partial charge >= 0.3 is 0 Å². The lowest BCUT2D eigenvalue weighted by Crippen LogP contribution is -2.31. The Bertz CT molecular complexity index is 547. The average molecular weight is 240 g/mol. The van der Waals surface area contributed by atoms with Crippen LogP contribution in [0.25, 0.3) is 0 Å². The van der Waals surface area contributed by atoms with Gasteiger partial charge in [0.15, 0.2) is 5.78 Å². The first kappa shape index (κ1) is 12.5. The van der Waals surface area contributed by atoms with E-state index in [0.717, 1.165) is 17.7 Å². The first-order valence-electron chi connectivity index (χ1n) is 6.03. The van der Waals surface area contributed by atoms with Gasteiger partial charge < -0.3 is 0 Å². The van der Waals surface area contributed by atoms with Crippen LogP contribution in [-0.4, -0.2) is 10.8 Å². The molecule has 1 aromatic rings. The molecule has 0 amide bonds. The van der Waals surface area contributed by atoms with Crippen molar-refractivity contribution in [1.29, 1.82) is 5.26 Å². The van der Waals surface area contributed by atoms with Crippen LogP contribution in [0.4, 0.5) is 0 Å². The third-order valence-electron chi connectivity index (χ3n) is 3.44. The topological polar surface area (TPSA) is 53.8 Å². The van der Waals surface area contributed by atoms with E-state index in [1.165, 1.54) is 0 Å². The average Bonchev–Trinajstić information content (AvgIpc) is 2.33. The van der Waals surface area contributed by atoms with Gasteiger partial charge in [-0.2, -0.15) is 5.26 Å². The molecule has 3 nitrogen and oxygen atoms in total. The highest BCUT2D eigenvalue weighted by atomic mass is 16.1. The molecule has 92 valence electrons. The van der Waals surface area contributed by atoms with Crippen LogP contribution in [0.1, 0.15) is 37.4 Å². The highest BCUT2D eigenvalue weighted by Gasteiger charge is 2.37. The first-order chi connectivity index (χ1) is 8.44. The summed E-state index contributed by atoms with van der Waals surface area (Å²) in [6.07, 6.45) is 4.33. The number of nitrogens with zero attached hydrogens (tertiary/aromatic N) is 2. The maximum Gasteiger partial charge on any atom is 0.178 e. The number of Topliss-reactive ketones (excluding diaryl/α,β-unsaturated/α-hetero) is 1. The summed E-state index contributed by atoms with van der Waals surface area (Å²) in [5.74, 6) is 0.0433. The molecule has 0 saturated carbocycles. The van der Waals surface area contributed by atoms with Crippen molar-refractivity contribution in [3.05, 3.63) is 41.2 Å². The number of allylic oxidation sites excluding steroid dienone is 2. The quantitative estimate of drug-likeness (QED) is 0.758. The molecule has 0 radical (unpaired) electrons. The Labute approximate surface area is 107 Å².